The molecule has 2 N–H and O–H groups in total. The number of hydrogen-bond acceptors (Lipinski definition) is 2. The number of rotatable bonds is 3. The molecular formula is C17H17ClN2OS. The van der Waals surface area contributed by atoms with Gasteiger partial charge in [-0.15, -0.1) is 0 Å². The first-order chi connectivity index (χ1) is 10.5. The van der Waals surface area contributed by atoms with Crippen molar-refractivity contribution in [2.75, 3.05) is 5.32 Å². The van der Waals surface area contributed by atoms with E-state index in [1.807, 2.05) is 24.3 Å². The molecule has 0 radical (unpaired) electrons. The van der Waals surface area contributed by atoms with Gasteiger partial charge in [0.25, 0.3) is 5.91 Å². The zero-order chi connectivity index (χ0) is 16.1. The van der Waals surface area contributed by atoms with E-state index >= 15 is 0 Å². The van der Waals surface area contributed by atoms with Crippen LogP contribution in [0, 0.1) is 0 Å². The Bertz CT molecular complexity index is 701. The summed E-state index contributed by atoms with van der Waals surface area (Å²) in [4.78, 5) is 12.1. The fourth-order valence-electron chi connectivity index (χ4n) is 2.07. The lowest BCUT2D eigenvalue weighted by atomic mass is 10.0. The summed E-state index contributed by atoms with van der Waals surface area (Å²) in [6, 6.07) is 14.6. The highest BCUT2D eigenvalue weighted by atomic mass is 35.5. The van der Waals surface area contributed by atoms with E-state index in [1.54, 1.807) is 24.3 Å². The van der Waals surface area contributed by atoms with Crippen LogP contribution in [0.2, 0.25) is 5.02 Å². The van der Waals surface area contributed by atoms with Gasteiger partial charge in [0.2, 0.25) is 0 Å². The predicted octanol–water partition coefficient (Wildman–Crippen LogP) is 4.59. The lowest BCUT2D eigenvalue weighted by molar-refractivity contribution is 0.0977. The van der Waals surface area contributed by atoms with Gasteiger partial charge >= 0.3 is 0 Å². The fraction of sp³-hybridized carbons (Fsp3) is 0.176. The maximum atomic E-state index is 12.1. The molecule has 0 saturated carbocycles. The Morgan fingerprint density at radius 1 is 1.14 bits per heavy atom. The highest BCUT2D eigenvalue weighted by molar-refractivity contribution is 7.80. The van der Waals surface area contributed by atoms with Gasteiger partial charge in [0, 0.05) is 16.3 Å². The topological polar surface area (TPSA) is 41.1 Å². The molecule has 0 bridgehead atoms. The lowest BCUT2D eigenvalue weighted by Gasteiger charge is -2.15. The molecule has 114 valence electrons. The van der Waals surface area contributed by atoms with E-state index in [-0.39, 0.29) is 11.0 Å². The van der Waals surface area contributed by atoms with Crippen molar-refractivity contribution in [2.24, 2.45) is 0 Å². The smallest absolute Gasteiger partial charge is 0.257 e. The summed E-state index contributed by atoms with van der Waals surface area (Å²) in [7, 11) is 0. The molecule has 2 aromatic rings. The van der Waals surface area contributed by atoms with Gasteiger partial charge in [-0.2, -0.15) is 0 Å². The van der Waals surface area contributed by atoms with Crippen LogP contribution in [0.5, 0.6) is 0 Å². The van der Waals surface area contributed by atoms with E-state index in [0.717, 1.165) is 11.3 Å². The molecule has 3 nitrogen and oxygen atoms in total. The van der Waals surface area contributed by atoms with Crippen molar-refractivity contribution >= 4 is 40.5 Å². The third-order valence-electron chi connectivity index (χ3n) is 3.14. The van der Waals surface area contributed by atoms with Gasteiger partial charge in [-0.05, 0) is 48.0 Å². The quantitative estimate of drug-likeness (QED) is 0.808. The molecule has 0 aliphatic carbocycles. The third-order valence-corrected chi connectivity index (χ3v) is 3.58. The number of hydrogen-bond donors (Lipinski definition) is 2. The Hall–Kier alpha value is -1.91. The first-order valence-electron chi connectivity index (χ1n) is 6.94. The van der Waals surface area contributed by atoms with Crippen molar-refractivity contribution in [3.05, 3.63) is 64.7 Å². The van der Waals surface area contributed by atoms with Gasteiger partial charge in [0.1, 0.15) is 0 Å². The molecule has 2 aromatic carbocycles. The van der Waals surface area contributed by atoms with Crippen molar-refractivity contribution < 1.29 is 4.79 Å². The molecule has 0 aliphatic heterocycles. The molecule has 2 rings (SSSR count). The van der Waals surface area contributed by atoms with Crippen LogP contribution < -0.4 is 10.6 Å². The van der Waals surface area contributed by atoms with Gasteiger partial charge in [0.15, 0.2) is 5.11 Å². The summed E-state index contributed by atoms with van der Waals surface area (Å²) in [5.74, 6) is 0.0668. The van der Waals surface area contributed by atoms with Crippen molar-refractivity contribution in [1.29, 1.82) is 0 Å². The molecule has 0 unspecified atom stereocenters. The standard InChI is InChI=1S/C17H17ClN2OS/c1-11(2)14-8-3-4-9-15(14)19-17(22)20-16(21)12-6-5-7-13(18)10-12/h3-11H,1-2H3,(H2,19,20,21,22). The van der Waals surface area contributed by atoms with Gasteiger partial charge in [-0.25, -0.2) is 0 Å². The van der Waals surface area contributed by atoms with Crippen LogP contribution >= 0.6 is 23.8 Å². The first-order valence-corrected chi connectivity index (χ1v) is 7.73. The van der Waals surface area contributed by atoms with E-state index in [2.05, 4.69) is 24.5 Å². The Labute approximate surface area is 140 Å². The highest BCUT2D eigenvalue weighted by Gasteiger charge is 2.11. The first kappa shape index (κ1) is 16.5. The number of nitrogens with one attached hydrogen (secondary N) is 2. The van der Waals surface area contributed by atoms with Crippen LogP contribution in [0.4, 0.5) is 5.69 Å². The zero-order valence-electron chi connectivity index (χ0n) is 12.4. The summed E-state index contributed by atoms with van der Waals surface area (Å²) in [5.41, 5.74) is 2.50. The normalized spacial score (nSPS) is 10.4. The molecule has 0 heterocycles. The molecule has 5 heteroatoms. The monoisotopic (exact) mass is 332 g/mol. The molecule has 0 spiro atoms. The maximum Gasteiger partial charge on any atom is 0.257 e. The lowest BCUT2D eigenvalue weighted by Crippen LogP contribution is -2.34. The number of para-hydroxylation sites is 1. The van der Waals surface area contributed by atoms with Crippen molar-refractivity contribution in [2.45, 2.75) is 19.8 Å². The summed E-state index contributed by atoms with van der Waals surface area (Å²) in [6.45, 7) is 4.21. The largest absolute Gasteiger partial charge is 0.332 e. The predicted molar refractivity (Wildman–Crippen MR) is 95.7 cm³/mol. The van der Waals surface area contributed by atoms with Gasteiger partial charge in [0.05, 0.1) is 0 Å². The molecule has 0 saturated heterocycles. The minimum atomic E-state index is -0.290. The van der Waals surface area contributed by atoms with Crippen LogP contribution in [0.25, 0.3) is 0 Å². The number of thiocarbonyl (C=S) groups is 1. The van der Waals surface area contributed by atoms with Crippen molar-refractivity contribution in [3.8, 4) is 0 Å². The number of halogens is 1. The van der Waals surface area contributed by atoms with Gasteiger partial charge in [-0.3, -0.25) is 10.1 Å². The maximum absolute atomic E-state index is 12.1. The van der Waals surface area contributed by atoms with Gasteiger partial charge < -0.3 is 5.32 Å². The third kappa shape index (κ3) is 4.29. The number of amides is 1. The van der Waals surface area contributed by atoms with Gasteiger partial charge in [-0.1, -0.05) is 49.7 Å². The van der Waals surface area contributed by atoms with E-state index in [9.17, 15) is 4.79 Å². The number of carbonyl (C=O) groups excluding carboxylic acids is 1. The molecule has 0 fully saturated rings. The van der Waals surface area contributed by atoms with Crippen LogP contribution in [0.3, 0.4) is 0 Å². The molecule has 1 amide bonds. The number of anilines is 1. The molecule has 0 aromatic heterocycles. The minimum Gasteiger partial charge on any atom is -0.332 e. The zero-order valence-corrected chi connectivity index (χ0v) is 14.0. The summed E-state index contributed by atoms with van der Waals surface area (Å²) < 4.78 is 0. The molecule has 0 atom stereocenters. The van der Waals surface area contributed by atoms with Crippen molar-refractivity contribution in [1.82, 2.24) is 5.32 Å². The average molecular weight is 333 g/mol. The fourth-order valence-corrected chi connectivity index (χ4v) is 2.47. The van der Waals surface area contributed by atoms with Crippen molar-refractivity contribution in [3.63, 3.8) is 0 Å². The minimum absolute atomic E-state index is 0.262. The van der Waals surface area contributed by atoms with E-state index < -0.39 is 0 Å². The van der Waals surface area contributed by atoms with Crippen LogP contribution in [0.15, 0.2) is 48.5 Å². The highest BCUT2D eigenvalue weighted by Crippen LogP contribution is 2.23. The summed E-state index contributed by atoms with van der Waals surface area (Å²) in [5, 5.41) is 6.51. The molecule has 22 heavy (non-hydrogen) atoms. The summed E-state index contributed by atoms with van der Waals surface area (Å²) in [6.07, 6.45) is 0. The Morgan fingerprint density at radius 3 is 2.55 bits per heavy atom. The second-order valence-electron chi connectivity index (χ2n) is 5.16. The van der Waals surface area contributed by atoms with Crippen LogP contribution in [-0.2, 0) is 0 Å². The average Bonchev–Trinajstić information content (AvgIpc) is 2.47. The summed E-state index contributed by atoms with van der Waals surface area (Å²) >= 11 is 11.1. The van der Waals surface area contributed by atoms with Crippen LogP contribution in [0.1, 0.15) is 35.7 Å². The van der Waals surface area contributed by atoms with E-state index in [1.165, 1.54) is 0 Å². The SMILES string of the molecule is CC(C)c1ccccc1NC(=S)NC(=O)c1cccc(Cl)c1. The Kier molecular flexibility index (Phi) is 5.52. The number of benzene rings is 2. The Balaban J connectivity index is 2.06. The molecular weight excluding hydrogens is 316 g/mol. The van der Waals surface area contributed by atoms with E-state index in [0.29, 0.717) is 16.5 Å². The Morgan fingerprint density at radius 2 is 1.86 bits per heavy atom. The second-order valence-corrected chi connectivity index (χ2v) is 6.01. The second kappa shape index (κ2) is 7.38. The number of carbonyl (C=O) groups is 1. The molecule has 0 aliphatic rings. The van der Waals surface area contributed by atoms with Crippen LogP contribution in [-0.4, -0.2) is 11.0 Å². The van der Waals surface area contributed by atoms with E-state index in [4.69, 9.17) is 23.8 Å².